The Morgan fingerprint density at radius 2 is 2.05 bits per heavy atom. The van der Waals surface area contributed by atoms with Crippen LogP contribution < -0.4 is 10.1 Å². The van der Waals surface area contributed by atoms with Gasteiger partial charge in [-0.2, -0.15) is 0 Å². The number of hydrogen-bond acceptors (Lipinski definition) is 3. The lowest BCUT2D eigenvalue weighted by atomic mass is 10.1. The zero-order valence-electron chi connectivity index (χ0n) is 12.4. The summed E-state index contributed by atoms with van der Waals surface area (Å²) in [5.41, 5.74) is 1.37. The second kappa shape index (κ2) is 6.92. The molecular formula is C16H26N2O. The van der Waals surface area contributed by atoms with E-state index >= 15 is 0 Å². The SMILES string of the molecule is CCC1CN(Cc2ccc(OC)cc2)C(C)CCN1. The number of nitrogens with one attached hydrogen (secondary N) is 1. The van der Waals surface area contributed by atoms with Gasteiger partial charge in [-0.15, -0.1) is 0 Å². The minimum atomic E-state index is 0.628. The molecule has 19 heavy (non-hydrogen) atoms. The number of rotatable bonds is 4. The third-order valence-electron chi connectivity index (χ3n) is 4.11. The predicted molar refractivity (Wildman–Crippen MR) is 79.6 cm³/mol. The maximum absolute atomic E-state index is 5.21. The molecule has 0 aromatic heterocycles. The van der Waals surface area contributed by atoms with Gasteiger partial charge in [0.1, 0.15) is 5.75 Å². The van der Waals surface area contributed by atoms with E-state index in [1.165, 1.54) is 18.4 Å². The van der Waals surface area contributed by atoms with E-state index in [1.54, 1.807) is 7.11 Å². The molecule has 2 atom stereocenters. The maximum atomic E-state index is 5.21. The number of ether oxygens (including phenoxy) is 1. The van der Waals surface area contributed by atoms with Crippen LogP contribution in [0.15, 0.2) is 24.3 Å². The van der Waals surface area contributed by atoms with E-state index in [4.69, 9.17) is 4.74 Å². The number of benzene rings is 1. The highest BCUT2D eigenvalue weighted by molar-refractivity contribution is 5.27. The fraction of sp³-hybridized carbons (Fsp3) is 0.625. The normalized spacial score (nSPS) is 25.0. The molecule has 106 valence electrons. The quantitative estimate of drug-likeness (QED) is 0.903. The molecule has 0 saturated carbocycles. The van der Waals surface area contributed by atoms with Gasteiger partial charge in [-0.3, -0.25) is 4.90 Å². The number of hydrogen-bond donors (Lipinski definition) is 1. The van der Waals surface area contributed by atoms with Crippen LogP contribution in [0.4, 0.5) is 0 Å². The highest BCUT2D eigenvalue weighted by Gasteiger charge is 2.21. The average molecular weight is 262 g/mol. The van der Waals surface area contributed by atoms with Crippen LogP contribution in [-0.4, -0.2) is 37.2 Å². The van der Waals surface area contributed by atoms with Gasteiger partial charge in [-0.1, -0.05) is 19.1 Å². The van der Waals surface area contributed by atoms with Gasteiger partial charge in [-0.25, -0.2) is 0 Å². The van der Waals surface area contributed by atoms with E-state index in [9.17, 15) is 0 Å². The summed E-state index contributed by atoms with van der Waals surface area (Å²) in [7, 11) is 1.71. The molecule has 0 spiro atoms. The van der Waals surface area contributed by atoms with Gasteiger partial charge in [0.05, 0.1) is 7.11 Å². The predicted octanol–water partition coefficient (Wildman–Crippen LogP) is 2.66. The molecule has 0 amide bonds. The fourth-order valence-electron chi connectivity index (χ4n) is 2.67. The second-order valence-corrected chi connectivity index (χ2v) is 5.47. The van der Waals surface area contributed by atoms with Crippen molar-refractivity contribution in [1.29, 1.82) is 0 Å². The molecule has 2 unspecified atom stereocenters. The zero-order chi connectivity index (χ0) is 13.7. The lowest BCUT2D eigenvalue weighted by Gasteiger charge is -2.28. The van der Waals surface area contributed by atoms with Crippen LogP contribution in [-0.2, 0) is 6.54 Å². The lowest BCUT2D eigenvalue weighted by molar-refractivity contribution is 0.194. The molecule has 2 rings (SSSR count). The fourth-order valence-corrected chi connectivity index (χ4v) is 2.67. The maximum Gasteiger partial charge on any atom is 0.118 e. The molecule has 0 aliphatic carbocycles. The summed E-state index contributed by atoms with van der Waals surface area (Å²) in [6.07, 6.45) is 2.43. The van der Waals surface area contributed by atoms with Crippen molar-refractivity contribution in [3.05, 3.63) is 29.8 Å². The lowest BCUT2D eigenvalue weighted by Crippen LogP contribution is -2.39. The Morgan fingerprint density at radius 3 is 2.68 bits per heavy atom. The van der Waals surface area contributed by atoms with Crippen molar-refractivity contribution in [1.82, 2.24) is 10.2 Å². The van der Waals surface area contributed by atoms with Crippen molar-refractivity contribution in [2.75, 3.05) is 20.2 Å². The Morgan fingerprint density at radius 1 is 1.32 bits per heavy atom. The summed E-state index contributed by atoms with van der Waals surface area (Å²) in [6, 6.07) is 9.71. The highest BCUT2D eigenvalue weighted by Crippen LogP contribution is 2.17. The van der Waals surface area contributed by atoms with Crippen molar-refractivity contribution in [3.8, 4) is 5.75 Å². The molecule has 1 aliphatic heterocycles. The molecule has 0 radical (unpaired) electrons. The summed E-state index contributed by atoms with van der Waals surface area (Å²) in [4.78, 5) is 2.59. The minimum Gasteiger partial charge on any atom is -0.497 e. The molecule has 1 aromatic carbocycles. The number of nitrogens with zero attached hydrogens (tertiary/aromatic N) is 1. The van der Waals surface area contributed by atoms with E-state index in [0.717, 1.165) is 25.4 Å². The molecule has 3 nitrogen and oxygen atoms in total. The topological polar surface area (TPSA) is 24.5 Å². The van der Waals surface area contributed by atoms with E-state index in [0.29, 0.717) is 12.1 Å². The van der Waals surface area contributed by atoms with Crippen LogP contribution in [0.5, 0.6) is 5.75 Å². The molecule has 1 fully saturated rings. The molecule has 0 bridgehead atoms. The van der Waals surface area contributed by atoms with Gasteiger partial charge in [0, 0.05) is 25.2 Å². The molecule has 1 saturated heterocycles. The minimum absolute atomic E-state index is 0.628. The van der Waals surface area contributed by atoms with Gasteiger partial charge in [0.2, 0.25) is 0 Å². The third-order valence-corrected chi connectivity index (χ3v) is 4.11. The Kier molecular flexibility index (Phi) is 5.23. The zero-order valence-corrected chi connectivity index (χ0v) is 12.4. The molecule has 3 heteroatoms. The summed E-state index contributed by atoms with van der Waals surface area (Å²) < 4.78 is 5.21. The van der Waals surface area contributed by atoms with Crippen LogP contribution in [0, 0.1) is 0 Å². The summed E-state index contributed by atoms with van der Waals surface area (Å²) in [5.74, 6) is 0.931. The Bertz CT molecular complexity index is 377. The summed E-state index contributed by atoms with van der Waals surface area (Å²) in [5, 5.41) is 3.63. The molecule has 1 heterocycles. The first-order chi connectivity index (χ1) is 9.22. The van der Waals surface area contributed by atoms with Crippen LogP contribution in [0.3, 0.4) is 0 Å². The van der Waals surface area contributed by atoms with Crippen molar-refractivity contribution in [3.63, 3.8) is 0 Å². The van der Waals surface area contributed by atoms with Crippen molar-refractivity contribution >= 4 is 0 Å². The third kappa shape index (κ3) is 3.95. The van der Waals surface area contributed by atoms with E-state index in [1.807, 2.05) is 12.1 Å². The first-order valence-electron chi connectivity index (χ1n) is 7.33. The Balaban J connectivity index is 2.01. The van der Waals surface area contributed by atoms with Gasteiger partial charge in [0.15, 0.2) is 0 Å². The monoisotopic (exact) mass is 262 g/mol. The second-order valence-electron chi connectivity index (χ2n) is 5.47. The molecule has 1 aromatic rings. The van der Waals surface area contributed by atoms with E-state index in [2.05, 4.69) is 36.2 Å². The van der Waals surface area contributed by atoms with Crippen molar-refractivity contribution in [2.45, 2.75) is 45.3 Å². The van der Waals surface area contributed by atoms with Gasteiger partial charge >= 0.3 is 0 Å². The smallest absolute Gasteiger partial charge is 0.118 e. The van der Waals surface area contributed by atoms with Crippen molar-refractivity contribution in [2.24, 2.45) is 0 Å². The largest absolute Gasteiger partial charge is 0.497 e. The van der Waals surface area contributed by atoms with E-state index < -0.39 is 0 Å². The summed E-state index contributed by atoms with van der Waals surface area (Å²) in [6.45, 7) is 7.91. The molecule has 1 aliphatic rings. The standard InChI is InChI=1S/C16H26N2O/c1-4-15-12-18(13(2)9-10-17-15)11-14-5-7-16(19-3)8-6-14/h5-8,13,15,17H,4,9-12H2,1-3H3. The highest BCUT2D eigenvalue weighted by atomic mass is 16.5. The first kappa shape index (κ1) is 14.4. The van der Waals surface area contributed by atoms with Crippen molar-refractivity contribution < 1.29 is 4.74 Å². The van der Waals surface area contributed by atoms with Crippen LogP contribution in [0.1, 0.15) is 32.3 Å². The van der Waals surface area contributed by atoms with Crippen LogP contribution in [0.25, 0.3) is 0 Å². The molecular weight excluding hydrogens is 236 g/mol. The van der Waals surface area contributed by atoms with Gasteiger partial charge in [0.25, 0.3) is 0 Å². The van der Waals surface area contributed by atoms with Crippen LogP contribution in [0.2, 0.25) is 0 Å². The number of methoxy groups -OCH3 is 1. The van der Waals surface area contributed by atoms with Crippen LogP contribution >= 0.6 is 0 Å². The first-order valence-corrected chi connectivity index (χ1v) is 7.33. The Hall–Kier alpha value is -1.06. The summed E-state index contributed by atoms with van der Waals surface area (Å²) >= 11 is 0. The molecule has 1 N–H and O–H groups in total. The average Bonchev–Trinajstić information content (AvgIpc) is 2.62. The Labute approximate surface area is 116 Å². The van der Waals surface area contributed by atoms with Gasteiger partial charge in [-0.05, 0) is 44.0 Å². The van der Waals surface area contributed by atoms with Gasteiger partial charge < -0.3 is 10.1 Å². The van der Waals surface area contributed by atoms with E-state index in [-0.39, 0.29) is 0 Å².